The lowest BCUT2D eigenvalue weighted by molar-refractivity contribution is -0.119. The maximum Gasteiger partial charge on any atom is 0.272 e. The van der Waals surface area contributed by atoms with E-state index in [1.165, 1.54) is 17.8 Å². The zero-order valence-electron chi connectivity index (χ0n) is 15.5. The highest BCUT2D eigenvalue weighted by Gasteiger charge is 2.40. The molecule has 1 heterocycles. The summed E-state index contributed by atoms with van der Waals surface area (Å²) in [6, 6.07) is 8.58. The third kappa shape index (κ3) is 3.54. The highest BCUT2D eigenvalue weighted by atomic mass is 32.2. The number of amides is 2. The highest BCUT2D eigenvalue weighted by molar-refractivity contribution is 8.04. The van der Waals surface area contributed by atoms with E-state index in [1.54, 1.807) is 6.07 Å². The van der Waals surface area contributed by atoms with Crippen molar-refractivity contribution >= 4 is 34.8 Å². The molecular weight excluding hydrogens is 368 g/mol. The first kappa shape index (κ1) is 19.3. The Kier molecular flexibility index (Phi) is 5.20. The van der Waals surface area contributed by atoms with Crippen LogP contribution in [-0.2, 0) is 9.59 Å². The van der Waals surface area contributed by atoms with Crippen molar-refractivity contribution in [1.29, 1.82) is 0 Å². The fourth-order valence-electron chi connectivity index (χ4n) is 2.86. The van der Waals surface area contributed by atoms with Gasteiger partial charge in [-0.05, 0) is 42.7 Å². The van der Waals surface area contributed by atoms with E-state index in [1.807, 2.05) is 39.8 Å². The van der Waals surface area contributed by atoms with Crippen LogP contribution < -0.4 is 4.90 Å². The molecule has 0 aliphatic carbocycles. The molecule has 0 fully saturated rings. The van der Waals surface area contributed by atoms with E-state index in [-0.39, 0.29) is 10.9 Å². The van der Waals surface area contributed by atoms with Crippen molar-refractivity contribution in [3.05, 3.63) is 69.6 Å². The van der Waals surface area contributed by atoms with Gasteiger partial charge in [0.15, 0.2) is 11.6 Å². The van der Waals surface area contributed by atoms with Crippen LogP contribution in [0, 0.1) is 25.5 Å². The molecule has 2 aromatic carbocycles. The number of aryl methyl sites for hydroxylation is 2. The molecule has 0 saturated heterocycles. The minimum atomic E-state index is -1.11. The Morgan fingerprint density at radius 1 is 0.889 bits per heavy atom. The van der Waals surface area contributed by atoms with E-state index in [2.05, 4.69) is 0 Å². The topological polar surface area (TPSA) is 37.4 Å². The van der Waals surface area contributed by atoms with Gasteiger partial charge in [0, 0.05) is 11.3 Å². The van der Waals surface area contributed by atoms with E-state index in [0.29, 0.717) is 16.0 Å². The van der Waals surface area contributed by atoms with Crippen LogP contribution >= 0.6 is 11.8 Å². The highest BCUT2D eigenvalue weighted by Crippen LogP contribution is 2.40. The summed E-state index contributed by atoms with van der Waals surface area (Å²) < 4.78 is 26.9. The molecule has 0 unspecified atom stereocenters. The molecule has 0 bridgehead atoms. The monoisotopic (exact) mass is 387 g/mol. The third-order valence-corrected chi connectivity index (χ3v) is 5.44. The van der Waals surface area contributed by atoms with Crippen molar-refractivity contribution in [2.75, 3.05) is 4.90 Å². The number of rotatable bonds is 4. The Hall–Kier alpha value is -2.47. The largest absolute Gasteiger partial charge is 0.272 e. The number of benzene rings is 2. The standard InChI is InChI=1S/C21H19F2NO2S/c1-11(2)27-19-18(14-6-5-12(3)13(4)9-14)20(25)24(21(19)26)15-7-8-16(22)17(23)10-15/h5-11H,1-4H3. The molecule has 0 N–H and O–H groups in total. The summed E-state index contributed by atoms with van der Waals surface area (Å²) in [5.74, 6) is -3.18. The van der Waals surface area contributed by atoms with Gasteiger partial charge in [-0.25, -0.2) is 13.7 Å². The smallest absolute Gasteiger partial charge is 0.268 e. The number of imide groups is 1. The van der Waals surface area contributed by atoms with Crippen LogP contribution in [0.4, 0.5) is 14.5 Å². The summed E-state index contributed by atoms with van der Waals surface area (Å²) in [4.78, 5) is 27.3. The van der Waals surface area contributed by atoms with Crippen LogP contribution in [0.5, 0.6) is 0 Å². The van der Waals surface area contributed by atoms with Gasteiger partial charge in [-0.2, -0.15) is 0 Å². The van der Waals surface area contributed by atoms with Crippen LogP contribution in [0.25, 0.3) is 5.57 Å². The van der Waals surface area contributed by atoms with Crippen LogP contribution in [0.3, 0.4) is 0 Å². The molecule has 1 aliphatic rings. The second-order valence-corrected chi connectivity index (χ2v) is 8.30. The quantitative estimate of drug-likeness (QED) is 0.692. The van der Waals surface area contributed by atoms with Crippen molar-refractivity contribution in [3.8, 4) is 0 Å². The predicted octanol–water partition coefficient (Wildman–Crippen LogP) is 5.01. The lowest BCUT2D eigenvalue weighted by Gasteiger charge is -2.15. The minimum Gasteiger partial charge on any atom is -0.268 e. The average molecular weight is 387 g/mol. The molecule has 1 aliphatic heterocycles. The van der Waals surface area contributed by atoms with Gasteiger partial charge in [-0.1, -0.05) is 32.0 Å². The van der Waals surface area contributed by atoms with Gasteiger partial charge < -0.3 is 0 Å². The predicted molar refractivity (Wildman–Crippen MR) is 104 cm³/mol. The van der Waals surface area contributed by atoms with E-state index >= 15 is 0 Å². The van der Waals surface area contributed by atoms with Crippen molar-refractivity contribution in [1.82, 2.24) is 0 Å². The van der Waals surface area contributed by atoms with E-state index in [9.17, 15) is 18.4 Å². The SMILES string of the molecule is Cc1ccc(C2=C(SC(C)C)C(=O)N(c3ccc(F)c(F)c3)C2=O)cc1C. The minimum absolute atomic E-state index is 0.0181. The molecule has 27 heavy (non-hydrogen) atoms. The number of thioether (sulfide) groups is 1. The Balaban J connectivity index is 2.13. The van der Waals surface area contributed by atoms with Crippen LogP contribution in [0.2, 0.25) is 0 Å². The number of nitrogens with zero attached hydrogens (tertiary/aromatic N) is 1. The first-order valence-electron chi connectivity index (χ1n) is 8.53. The summed E-state index contributed by atoms with van der Waals surface area (Å²) >= 11 is 1.29. The molecule has 0 spiro atoms. The number of carbonyl (C=O) groups is 2. The van der Waals surface area contributed by atoms with Crippen molar-refractivity contribution in [2.45, 2.75) is 32.9 Å². The molecule has 0 radical (unpaired) electrons. The number of hydrogen-bond acceptors (Lipinski definition) is 3. The van der Waals surface area contributed by atoms with E-state index in [0.717, 1.165) is 28.2 Å². The number of anilines is 1. The maximum absolute atomic E-state index is 13.7. The van der Waals surface area contributed by atoms with Crippen molar-refractivity contribution in [3.63, 3.8) is 0 Å². The lowest BCUT2D eigenvalue weighted by atomic mass is 10.0. The summed E-state index contributed by atoms with van der Waals surface area (Å²) in [6.45, 7) is 7.75. The number of halogens is 2. The first-order chi connectivity index (χ1) is 12.7. The molecule has 0 aromatic heterocycles. The number of hydrogen-bond donors (Lipinski definition) is 0. The molecule has 3 rings (SSSR count). The second kappa shape index (κ2) is 7.27. The van der Waals surface area contributed by atoms with Gasteiger partial charge >= 0.3 is 0 Å². The van der Waals surface area contributed by atoms with Crippen molar-refractivity contribution < 1.29 is 18.4 Å². The van der Waals surface area contributed by atoms with Crippen molar-refractivity contribution in [2.24, 2.45) is 0 Å². The molecule has 6 heteroatoms. The summed E-state index contributed by atoms with van der Waals surface area (Å²) in [6.07, 6.45) is 0. The van der Waals surface area contributed by atoms with Gasteiger partial charge in [0.2, 0.25) is 0 Å². The molecular formula is C21H19F2NO2S. The Morgan fingerprint density at radius 2 is 1.59 bits per heavy atom. The molecule has 140 valence electrons. The van der Waals surface area contributed by atoms with Gasteiger partial charge in [-0.3, -0.25) is 9.59 Å². The Labute approximate surface area is 161 Å². The third-order valence-electron chi connectivity index (χ3n) is 4.35. The molecule has 2 amide bonds. The fraction of sp³-hybridized carbons (Fsp3) is 0.238. The van der Waals surface area contributed by atoms with Gasteiger partial charge in [-0.15, -0.1) is 11.8 Å². The van der Waals surface area contributed by atoms with Gasteiger partial charge in [0.1, 0.15) is 0 Å². The summed E-state index contributed by atoms with van der Waals surface area (Å²) in [7, 11) is 0. The lowest BCUT2D eigenvalue weighted by Crippen LogP contribution is -2.31. The van der Waals surface area contributed by atoms with Crippen LogP contribution in [-0.4, -0.2) is 17.1 Å². The summed E-state index contributed by atoms with van der Waals surface area (Å²) in [5.41, 5.74) is 3.04. The summed E-state index contributed by atoms with van der Waals surface area (Å²) in [5, 5.41) is 0.0724. The second-order valence-electron chi connectivity index (χ2n) is 6.71. The van der Waals surface area contributed by atoms with Crippen LogP contribution in [0.1, 0.15) is 30.5 Å². The Morgan fingerprint density at radius 3 is 2.19 bits per heavy atom. The zero-order valence-corrected chi connectivity index (χ0v) is 16.3. The van der Waals surface area contributed by atoms with Crippen LogP contribution in [0.15, 0.2) is 41.3 Å². The maximum atomic E-state index is 13.7. The fourth-order valence-corrected chi connectivity index (χ4v) is 3.85. The first-order valence-corrected chi connectivity index (χ1v) is 9.41. The number of carbonyl (C=O) groups excluding carboxylic acids is 2. The molecule has 2 aromatic rings. The molecule has 0 atom stereocenters. The zero-order chi connectivity index (χ0) is 19.9. The van der Waals surface area contributed by atoms with E-state index < -0.39 is 23.4 Å². The molecule has 0 saturated carbocycles. The Bertz CT molecular complexity index is 982. The van der Waals surface area contributed by atoms with E-state index in [4.69, 9.17) is 0 Å². The molecule has 3 nitrogen and oxygen atoms in total. The van der Waals surface area contributed by atoms with Gasteiger partial charge in [0.25, 0.3) is 11.8 Å². The average Bonchev–Trinajstić information content (AvgIpc) is 2.83. The van der Waals surface area contributed by atoms with Gasteiger partial charge in [0.05, 0.1) is 16.2 Å². The normalized spacial score (nSPS) is 14.7.